The second-order valence-corrected chi connectivity index (χ2v) is 7.04. The first-order valence-corrected chi connectivity index (χ1v) is 8.11. The summed E-state index contributed by atoms with van der Waals surface area (Å²) < 4.78 is 11.4. The molecule has 5 heteroatoms. The molecule has 102 valence electrons. The molecule has 0 aromatic heterocycles. The van der Waals surface area contributed by atoms with E-state index in [0.717, 1.165) is 24.1 Å². The van der Waals surface area contributed by atoms with E-state index in [9.17, 15) is 9.00 Å². The predicted molar refractivity (Wildman–Crippen MR) is 76.2 cm³/mol. The highest BCUT2D eigenvalue weighted by atomic mass is 32.2. The van der Waals surface area contributed by atoms with Crippen molar-refractivity contribution in [2.45, 2.75) is 18.3 Å². The fourth-order valence-electron chi connectivity index (χ4n) is 2.70. The van der Waals surface area contributed by atoms with Crippen LogP contribution in [0.1, 0.15) is 18.4 Å². The van der Waals surface area contributed by atoms with Crippen molar-refractivity contribution in [3.05, 3.63) is 29.8 Å². The Hall–Kier alpha value is -1.36. The Morgan fingerprint density at radius 2 is 1.74 bits per heavy atom. The van der Waals surface area contributed by atoms with Crippen molar-refractivity contribution in [1.29, 1.82) is 0 Å². The van der Waals surface area contributed by atoms with Gasteiger partial charge in [0.05, 0.1) is 5.41 Å². The van der Waals surface area contributed by atoms with Crippen LogP contribution in [0, 0.1) is 0 Å². The van der Waals surface area contributed by atoms with Gasteiger partial charge in [-0.2, -0.15) is 0 Å². The summed E-state index contributed by atoms with van der Waals surface area (Å²) in [5.74, 6) is 1.43. The van der Waals surface area contributed by atoms with Crippen LogP contribution in [-0.2, 0) is 21.0 Å². The molecule has 0 bridgehead atoms. The van der Waals surface area contributed by atoms with Crippen molar-refractivity contribution >= 4 is 22.4 Å². The first-order valence-electron chi connectivity index (χ1n) is 6.62. The molecule has 0 radical (unpaired) electrons. The second-order valence-electron chi connectivity index (χ2n) is 5.34. The Morgan fingerprint density at radius 1 is 1.16 bits per heavy atom. The van der Waals surface area contributed by atoms with E-state index in [1.165, 1.54) is 0 Å². The summed E-state index contributed by atoms with van der Waals surface area (Å²) in [5.41, 5.74) is 7.16. The quantitative estimate of drug-likeness (QED) is 0.817. The maximum absolute atomic E-state index is 12.7. The molecule has 1 aliphatic heterocycles. The van der Waals surface area contributed by atoms with Crippen LogP contribution in [0.25, 0.3) is 0 Å². The van der Waals surface area contributed by atoms with E-state index in [0.29, 0.717) is 24.6 Å². The molecule has 1 saturated heterocycles. The van der Waals surface area contributed by atoms with Crippen LogP contribution in [0.2, 0.25) is 0 Å². The Bertz CT molecular complexity index is 513. The summed E-state index contributed by atoms with van der Waals surface area (Å²) in [7, 11) is -0.742. The van der Waals surface area contributed by atoms with Crippen molar-refractivity contribution < 1.29 is 9.00 Å². The summed E-state index contributed by atoms with van der Waals surface area (Å²) in [6.45, 7) is 1.25. The number of carbonyl (C=O) groups is 1. The lowest BCUT2D eigenvalue weighted by Crippen LogP contribution is -2.46. The molecule has 2 N–H and O–H groups in total. The van der Waals surface area contributed by atoms with E-state index in [1.54, 1.807) is 0 Å². The first kappa shape index (κ1) is 12.7. The molecule has 3 rings (SSSR count). The van der Waals surface area contributed by atoms with Crippen LogP contribution in [-0.4, -0.2) is 39.6 Å². The summed E-state index contributed by atoms with van der Waals surface area (Å²) in [6.07, 6.45) is 1.82. The normalized spacial score (nSPS) is 22.2. The lowest BCUT2D eigenvalue weighted by Gasteiger charge is -2.30. The minimum Gasteiger partial charge on any atom is -0.399 e. The second kappa shape index (κ2) is 4.63. The number of hydrogen-bond donors (Lipinski definition) is 1. The monoisotopic (exact) mass is 278 g/mol. The van der Waals surface area contributed by atoms with Crippen molar-refractivity contribution in [2.24, 2.45) is 0 Å². The van der Waals surface area contributed by atoms with Crippen molar-refractivity contribution in [1.82, 2.24) is 4.90 Å². The van der Waals surface area contributed by atoms with Crippen LogP contribution >= 0.6 is 0 Å². The van der Waals surface area contributed by atoms with E-state index < -0.39 is 10.8 Å². The zero-order valence-corrected chi connectivity index (χ0v) is 11.6. The van der Waals surface area contributed by atoms with E-state index in [-0.39, 0.29) is 11.3 Å². The standard InChI is InChI=1S/C14H18N2O2S/c15-12-3-1-11(2-4-12)14(5-6-14)13(17)16-7-9-19(18)10-8-16/h1-4H,5-10,15H2. The zero-order chi connectivity index (χ0) is 13.5. The molecule has 19 heavy (non-hydrogen) atoms. The van der Waals surface area contributed by atoms with Crippen molar-refractivity contribution in [3.8, 4) is 0 Å². The lowest BCUT2D eigenvalue weighted by atomic mass is 9.94. The molecule has 1 saturated carbocycles. The van der Waals surface area contributed by atoms with Gasteiger partial charge >= 0.3 is 0 Å². The van der Waals surface area contributed by atoms with Crippen LogP contribution in [0.4, 0.5) is 5.69 Å². The van der Waals surface area contributed by atoms with Gasteiger partial charge in [0, 0.05) is 41.1 Å². The molecule has 1 aromatic rings. The summed E-state index contributed by atoms with van der Waals surface area (Å²) >= 11 is 0. The number of amides is 1. The maximum atomic E-state index is 12.7. The lowest BCUT2D eigenvalue weighted by molar-refractivity contribution is -0.133. The highest BCUT2D eigenvalue weighted by Crippen LogP contribution is 2.49. The van der Waals surface area contributed by atoms with Crippen molar-refractivity contribution in [3.63, 3.8) is 0 Å². The molecule has 1 heterocycles. The van der Waals surface area contributed by atoms with E-state index in [1.807, 2.05) is 29.2 Å². The fraction of sp³-hybridized carbons (Fsp3) is 0.500. The van der Waals surface area contributed by atoms with Gasteiger partial charge in [-0.1, -0.05) is 12.1 Å². The van der Waals surface area contributed by atoms with E-state index in [4.69, 9.17) is 5.73 Å². The maximum Gasteiger partial charge on any atom is 0.233 e. The van der Waals surface area contributed by atoms with Gasteiger partial charge in [0.2, 0.25) is 5.91 Å². The highest BCUT2D eigenvalue weighted by Gasteiger charge is 2.53. The molecular weight excluding hydrogens is 260 g/mol. The smallest absolute Gasteiger partial charge is 0.233 e. The Balaban J connectivity index is 1.79. The third kappa shape index (κ3) is 2.27. The van der Waals surface area contributed by atoms with Gasteiger partial charge in [0.15, 0.2) is 0 Å². The number of anilines is 1. The number of rotatable bonds is 2. The molecule has 0 spiro atoms. The van der Waals surface area contributed by atoms with Gasteiger partial charge in [-0.25, -0.2) is 0 Å². The Labute approximate surface area is 115 Å². The van der Waals surface area contributed by atoms with Crippen molar-refractivity contribution in [2.75, 3.05) is 30.3 Å². The SMILES string of the molecule is Nc1ccc(C2(C(=O)N3CCS(=O)CC3)CC2)cc1. The molecule has 2 fully saturated rings. The molecule has 1 amide bonds. The van der Waals surface area contributed by atoms with Crippen LogP contribution in [0.15, 0.2) is 24.3 Å². The first-order chi connectivity index (χ1) is 9.12. The summed E-state index contributed by atoms with van der Waals surface area (Å²) in [4.78, 5) is 14.5. The molecule has 2 aliphatic rings. The number of carbonyl (C=O) groups excluding carboxylic acids is 1. The van der Waals surface area contributed by atoms with Gasteiger partial charge in [0.1, 0.15) is 0 Å². The van der Waals surface area contributed by atoms with Gasteiger partial charge in [-0.05, 0) is 30.5 Å². The zero-order valence-electron chi connectivity index (χ0n) is 10.8. The number of nitrogens with zero attached hydrogens (tertiary/aromatic N) is 1. The number of hydrogen-bond acceptors (Lipinski definition) is 3. The number of nitrogen functional groups attached to an aromatic ring is 1. The van der Waals surface area contributed by atoms with Gasteiger partial charge < -0.3 is 10.6 Å². The molecule has 0 atom stereocenters. The third-order valence-corrected chi connectivity index (χ3v) is 5.36. The van der Waals surface area contributed by atoms with E-state index in [2.05, 4.69) is 0 Å². The van der Waals surface area contributed by atoms with Crippen LogP contribution in [0.3, 0.4) is 0 Å². The largest absolute Gasteiger partial charge is 0.399 e. The summed E-state index contributed by atoms with van der Waals surface area (Å²) in [6, 6.07) is 7.63. The third-order valence-electron chi connectivity index (χ3n) is 4.09. The molecule has 4 nitrogen and oxygen atoms in total. The van der Waals surface area contributed by atoms with Gasteiger partial charge in [-0.3, -0.25) is 9.00 Å². The van der Waals surface area contributed by atoms with Crippen LogP contribution < -0.4 is 5.73 Å². The molecule has 1 aliphatic carbocycles. The molecular formula is C14H18N2O2S. The predicted octanol–water partition coefficient (Wildman–Crippen LogP) is 0.891. The highest BCUT2D eigenvalue weighted by molar-refractivity contribution is 7.85. The number of nitrogens with two attached hydrogens (primary N) is 1. The average molecular weight is 278 g/mol. The average Bonchev–Trinajstić information content (AvgIpc) is 3.21. The Kier molecular flexibility index (Phi) is 3.09. The number of benzene rings is 1. The van der Waals surface area contributed by atoms with Crippen LogP contribution in [0.5, 0.6) is 0 Å². The minimum atomic E-state index is -0.742. The molecule has 0 unspecified atom stereocenters. The fourth-order valence-corrected chi connectivity index (χ4v) is 3.75. The topological polar surface area (TPSA) is 63.4 Å². The molecule has 1 aromatic carbocycles. The summed E-state index contributed by atoms with van der Waals surface area (Å²) in [5, 5.41) is 0. The van der Waals surface area contributed by atoms with E-state index >= 15 is 0 Å². The minimum absolute atomic E-state index is 0.203. The van der Waals surface area contributed by atoms with Gasteiger partial charge in [-0.15, -0.1) is 0 Å². The van der Waals surface area contributed by atoms with Gasteiger partial charge in [0.25, 0.3) is 0 Å². The Morgan fingerprint density at radius 3 is 2.26 bits per heavy atom.